The molecule has 6 aliphatic rings. The minimum atomic E-state index is -2.47. The van der Waals surface area contributed by atoms with Crippen molar-refractivity contribution in [2.24, 2.45) is 40.7 Å². The number of hydrogen-bond donors (Lipinski definition) is 7. The van der Waals surface area contributed by atoms with Gasteiger partial charge in [0.05, 0.1) is 80.0 Å². The number of cyclic esters (lactones) is 1. The van der Waals surface area contributed by atoms with Crippen LogP contribution in [0.1, 0.15) is 186 Å². The first-order valence-electron chi connectivity index (χ1n) is 48.7. The number of methoxy groups -OCH3 is 3. The lowest BCUT2D eigenvalue weighted by atomic mass is 9.78. The quantitative estimate of drug-likeness (QED) is 0.00654. The van der Waals surface area contributed by atoms with E-state index >= 15 is 0 Å². The number of unbranched alkanes of at least 4 members (excludes halogenated alkanes) is 2. The second-order valence-corrected chi connectivity index (χ2v) is 37.7. The van der Waals surface area contributed by atoms with E-state index in [0.29, 0.717) is 205 Å². The Balaban J connectivity index is 0.551. The number of piperazine rings is 2. The summed E-state index contributed by atoms with van der Waals surface area (Å²) in [7, 11) is 4.61. The number of oxime groups is 1. The molecule has 38 nitrogen and oxygen atoms in total. The van der Waals surface area contributed by atoms with Crippen molar-refractivity contribution in [2.45, 2.75) is 244 Å². The molecular weight excluding hydrogens is 1760 g/mol. The number of anilines is 4. The van der Waals surface area contributed by atoms with Crippen molar-refractivity contribution in [1.82, 2.24) is 64.7 Å². The van der Waals surface area contributed by atoms with Gasteiger partial charge in [-0.05, 0) is 150 Å². The van der Waals surface area contributed by atoms with Gasteiger partial charge in [-0.1, -0.05) is 82.7 Å². The van der Waals surface area contributed by atoms with Crippen LogP contribution in [0.4, 0.5) is 23.7 Å². The number of nitrogens with one attached hydrogen (secondary N) is 1. The molecule has 4 saturated heterocycles. The predicted molar refractivity (Wildman–Crippen MR) is 513 cm³/mol. The van der Waals surface area contributed by atoms with Crippen LogP contribution in [-0.2, 0) is 79.7 Å². The molecule has 0 spiro atoms. The molecule has 6 aromatic rings. The van der Waals surface area contributed by atoms with E-state index in [2.05, 4.69) is 62.1 Å². The average Bonchev–Trinajstić information content (AvgIpc) is 1.48. The number of nitrogen functional groups attached to an aromatic ring is 2. The normalized spacial score (nSPS) is 27.7. The van der Waals surface area contributed by atoms with E-state index in [0.717, 1.165) is 42.6 Å². The number of oxazole rings is 1. The zero-order chi connectivity index (χ0) is 97.8. The lowest BCUT2D eigenvalue weighted by Crippen LogP contribution is -2.61. The molecule has 0 radical (unpaired) electrons. The molecule has 1 saturated carbocycles. The van der Waals surface area contributed by atoms with Gasteiger partial charge in [-0.3, -0.25) is 33.7 Å². The number of hydrogen-bond acceptors (Lipinski definition) is 34. The molecule has 2 bridgehead atoms. The van der Waals surface area contributed by atoms with Gasteiger partial charge in [0.2, 0.25) is 23.6 Å². The van der Waals surface area contributed by atoms with E-state index in [-0.39, 0.29) is 131 Å². The number of Topliss-reactive ketones (excluding diaryl/α,β-unsaturated/α-hetero) is 3. The first kappa shape index (κ1) is 105. The minimum absolute atomic E-state index is 0.0105. The number of aryl methyl sites for hydroxylation is 2. The summed E-state index contributed by atoms with van der Waals surface area (Å²) in [6, 6.07) is 4.40. The van der Waals surface area contributed by atoms with Gasteiger partial charge in [0, 0.05) is 180 Å². The van der Waals surface area contributed by atoms with Crippen molar-refractivity contribution >= 4 is 92.6 Å². The third-order valence-corrected chi connectivity index (χ3v) is 27.6. The van der Waals surface area contributed by atoms with Crippen molar-refractivity contribution in [3.63, 3.8) is 0 Å². The molecule has 137 heavy (non-hydrogen) atoms. The number of aliphatic hydroxyl groups is 4. The number of esters is 1. The van der Waals surface area contributed by atoms with Crippen LogP contribution in [0.3, 0.4) is 0 Å². The monoisotopic (exact) mass is 1900 g/mol. The van der Waals surface area contributed by atoms with Gasteiger partial charge in [-0.15, -0.1) is 0 Å². The summed E-state index contributed by atoms with van der Waals surface area (Å²) >= 11 is 0. The molecule has 5 aliphatic heterocycles. The van der Waals surface area contributed by atoms with Gasteiger partial charge in [-0.25, -0.2) is 39.4 Å². The zero-order valence-corrected chi connectivity index (χ0v) is 81.1. The van der Waals surface area contributed by atoms with Gasteiger partial charge < -0.3 is 99.2 Å². The van der Waals surface area contributed by atoms with Crippen LogP contribution < -0.4 is 26.6 Å². The molecule has 38 heteroatoms. The van der Waals surface area contributed by atoms with Gasteiger partial charge >= 0.3 is 5.97 Å². The van der Waals surface area contributed by atoms with E-state index in [1.807, 2.05) is 77.8 Å². The molecule has 9 N–H and O–H groups in total. The zero-order valence-electron chi connectivity index (χ0n) is 81.1. The van der Waals surface area contributed by atoms with Crippen molar-refractivity contribution in [3.8, 4) is 11.3 Å². The van der Waals surface area contributed by atoms with Crippen molar-refractivity contribution in [1.29, 1.82) is 0 Å². The number of nitrogens with two attached hydrogens (primary N) is 2. The predicted octanol–water partition coefficient (Wildman–Crippen LogP) is 8.51. The Morgan fingerprint density at radius 3 is 2.18 bits per heavy atom. The first-order chi connectivity index (χ1) is 66.0. The summed E-state index contributed by atoms with van der Waals surface area (Å²) in [5.74, 6) is -6.50. The molecule has 16 atom stereocenters. The standard InChI is InChI=1S/C99H142N18O20/c1-62-19-13-11-14-20-63(2)81(129-8)54-75-28-23-68(7)99(128,137-75)90(124)94(126)116-34-18-16-22-77(116)95(127)135-82(65(4)51-69-25-29-78(120)83(52-69)130-9)55-79(121)64(3)50-67(6)88(123)89(131-10)86(66(5)49-62)111-134-60-74(119)27-24-70-56-103-97(104-57-70)115-42-40-113(41-43-115)84(122)32-46-133-48-44-112-36-38-114(39-37-112)98-105-58-72(59-106-98)93(125)102-33-47-132-45-31-73(118)21-15-12-17-35-117-92-85(91(100)107-61-108-92)87(110-117)71-26-30-80-76(53-71)109-96(101)136-80/h11,13-14,19-20,26,30,50,53,56-59,61-62,64-66,68-69,75,77-79,81-83,88-89,120-121,123,128H,12,15-18,21-25,27-29,31-49,51-52,54-55,60H2,1-10H3,(H2,101,109)(H,102,125)(H2,100,107,108)/b14-11+,19-13+,63-20+,67-50+,111-86?/t62-,64-,65-,66-,68-,69+,75+,77+,78-,79-,81+,82+,83-,88-,89+,99-/m1/s1. The average molecular weight is 1900 g/mol. The van der Waals surface area contributed by atoms with Crippen LogP contribution >= 0.6 is 0 Å². The highest BCUT2D eigenvalue weighted by molar-refractivity contribution is 6.39. The number of ether oxygens (including phenoxy) is 7. The molecule has 0 unspecified atom stereocenters. The number of carbonyl (C=O) groups excluding carboxylic acids is 7. The van der Waals surface area contributed by atoms with Gasteiger partial charge in [0.1, 0.15) is 53.5 Å². The third kappa shape index (κ3) is 29.1. The number of aromatic nitrogens is 9. The van der Waals surface area contributed by atoms with E-state index in [1.54, 1.807) is 59.5 Å². The smallest absolute Gasteiger partial charge is 0.329 e. The molecule has 1 aromatic carbocycles. The summed E-state index contributed by atoms with van der Waals surface area (Å²) in [4.78, 5) is 143. The molecule has 1 aliphatic carbocycles. The Bertz CT molecular complexity index is 5130. The highest BCUT2D eigenvalue weighted by Gasteiger charge is 2.53. The number of benzene rings is 1. The molecule has 12 rings (SSSR count). The lowest BCUT2D eigenvalue weighted by molar-refractivity contribution is -0.265. The Labute approximate surface area is 801 Å². The largest absolute Gasteiger partial charge is 0.460 e. The Hall–Kier alpha value is -10.5. The fourth-order valence-corrected chi connectivity index (χ4v) is 19.1. The molecular formula is C99H142N18O20. The molecule has 10 heterocycles. The SMILES string of the molecule is CO[C@H]1C[C@@H]2CC[C@@H](C)[C@@](O)(O2)C(=O)C(=O)N2CCCC[C@H]2C(=O)O[C@H]([C@H](C)C[C@@H]2CC[C@@H](O)[C@H](OC)C2)C[C@@H](O)[C@H](C)/C=C(\C)[C@@H](O)[C@@H](OC)C(=NOCC(=O)CCc2cnc(N3CCN(C(=O)CCOCCN4CCN(c5ncc(C(=O)NCCOCCC(=O)CCCCCn6nc(-c7ccc8oc(N)nc8c7)c7c(N)ncnc76)cn5)CC4)CC3)nc2)[C@H](C)C[C@H](C)/C=C/C=C/C=C/1C. The van der Waals surface area contributed by atoms with E-state index < -0.39 is 84.1 Å². The van der Waals surface area contributed by atoms with Crippen LogP contribution in [0.5, 0.6) is 0 Å². The number of piperidine rings is 1. The number of allylic oxidation sites excluding steroid dienone is 5. The summed E-state index contributed by atoms with van der Waals surface area (Å²) in [5.41, 5.74) is 18.0. The fourth-order valence-electron chi connectivity index (χ4n) is 19.1. The number of carbonyl (C=O) groups is 7. The van der Waals surface area contributed by atoms with E-state index in [1.165, 1.54) is 30.7 Å². The fraction of sp³-hybridized carbons (Fsp3) is 0.636. The minimum Gasteiger partial charge on any atom is -0.460 e. The van der Waals surface area contributed by atoms with Gasteiger partial charge in [-0.2, -0.15) is 10.1 Å². The molecule has 5 fully saturated rings. The highest BCUT2D eigenvalue weighted by atomic mass is 16.6. The van der Waals surface area contributed by atoms with E-state index in [4.69, 9.17) is 59.0 Å². The third-order valence-electron chi connectivity index (χ3n) is 27.6. The van der Waals surface area contributed by atoms with Crippen LogP contribution in [0.2, 0.25) is 0 Å². The maximum atomic E-state index is 14.8. The van der Waals surface area contributed by atoms with Crippen molar-refractivity contribution in [3.05, 3.63) is 108 Å². The van der Waals surface area contributed by atoms with Crippen LogP contribution in [0, 0.1) is 35.5 Å². The Morgan fingerprint density at radius 1 is 0.708 bits per heavy atom. The number of rotatable bonds is 34. The van der Waals surface area contributed by atoms with Crippen molar-refractivity contribution in [2.75, 3.05) is 148 Å². The Morgan fingerprint density at radius 2 is 1.44 bits per heavy atom. The van der Waals surface area contributed by atoms with Crippen LogP contribution in [0.25, 0.3) is 33.4 Å². The topological polar surface area (TPSA) is 488 Å². The van der Waals surface area contributed by atoms with Crippen LogP contribution in [0.15, 0.2) is 106 Å². The second-order valence-electron chi connectivity index (χ2n) is 37.7. The van der Waals surface area contributed by atoms with E-state index in [9.17, 15) is 54.0 Å². The summed E-state index contributed by atoms with van der Waals surface area (Å²) in [6.07, 6.45) is 21.7. The number of ketones is 3. The molecule has 748 valence electrons. The summed E-state index contributed by atoms with van der Waals surface area (Å²) in [5, 5.41) is 60.4. The lowest BCUT2D eigenvalue weighted by Gasteiger charge is -2.43. The number of aliphatic hydroxyl groups excluding tert-OH is 3. The maximum Gasteiger partial charge on any atom is 0.329 e. The van der Waals surface area contributed by atoms with Gasteiger partial charge in [0.15, 0.2) is 23.6 Å². The summed E-state index contributed by atoms with van der Waals surface area (Å²) < 4.78 is 49.3. The second kappa shape index (κ2) is 51.4. The van der Waals surface area contributed by atoms with Crippen molar-refractivity contribution < 1.29 is 96.4 Å². The molecule has 5 aromatic heterocycles. The number of fused-ring (bicyclic) bond motifs is 5. The first-order valence-corrected chi connectivity index (χ1v) is 48.7. The maximum absolute atomic E-state index is 14.8. The number of amides is 3. The number of nitrogens with zero attached hydrogens (tertiary/aromatic N) is 15. The van der Waals surface area contributed by atoms with Gasteiger partial charge in [0.25, 0.3) is 23.6 Å². The summed E-state index contributed by atoms with van der Waals surface area (Å²) in [6.45, 7) is 20.5. The highest BCUT2D eigenvalue weighted by Crippen LogP contribution is 2.40. The molecule has 3 amide bonds. The Kier molecular flexibility index (Phi) is 39.5. The van der Waals surface area contributed by atoms with Crippen LogP contribution in [-0.4, -0.2) is 314 Å².